The average molecular weight is 427 g/mol. The van der Waals surface area contributed by atoms with Crippen molar-refractivity contribution >= 4 is 21.1 Å². The molecule has 1 aromatic carbocycles. The standard InChI is InChI=1S/C18H22F2N4O2S.C2H6/c1-12-14-10-21-18(26-16-6-5-13(19)9-15(16)20)22-17(14)24(23-12)11-25-7-8-27(2,3)4;1-2/h5-6,9-10H,7-8,11H2,1-4H3;1-2H3. The Morgan fingerprint density at radius 1 is 1.14 bits per heavy atom. The summed E-state index contributed by atoms with van der Waals surface area (Å²) in [5.74, 6) is -0.656. The zero-order chi connectivity index (χ0) is 21.6. The molecule has 2 aromatic heterocycles. The van der Waals surface area contributed by atoms with Crippen LogP contribution in [0.15, 0.2) is 24.4 Å². The lowest BCUT2D eigenvalue weighted by Gasteiger charge is -2.24. The van der Waals surface area contributed by atoms with Crippen LogP contribution in [0, 0.1) is 18.6 Å². The van der Waals surface area contributed by atoms with Gasteiger partial charge in [0, 0.05) is 18.0 Å². The van der Waals surface area contributed by atoms with Crippen molar-refractivity contribution in [3.05, 3.63) is 41.7 Å². The highest BCUT2D eigenvalue weighted by Gasteiger charge is 2.14. The largest absolute Gasteiger partial charge is 0.421 e. The van der Waals surface area contributed by atoms with Gasteiger partial charge in [-0.25, -0.2) is 28.5 Å². The van der Waals surface area contributed by atoms with Crippen molar-refractivity contribution in [1.29, 1.82) is 0 Å². The van der Waals surface area contributed by atoms with E-state index >= 15 is 0 Å². The molecular weight excluding hydrogens is 398 g/mol. The molecule has 3 rings (SSSR count). The van der Waals surface area contributed by atoms with E-state index in [4.69, 9.17) is 9.47 Å². The number of hydrogen-bond acceptors (Lipinski definition) is 5. The Morgan fingerprint density at radius 3 is 2.52 bits per heavy atom. The molecule has 0 aliphatic heterocycles. The molecule has 0 aliphatic carbocycles. The highest BCUT2D eigenvalue weighted by molar-refractivity contribution is 8.32. The van der Waals surface area contributed by atoms with Crippen LogP contribution in [-0.4, -0.2) is 50.9 Å². The highest BCUT2D eigenvalue weighted by Crippen LogP contribution is 2.33. The van der Waals surface area contributed by atoms with Gasteiger partial charge in [0.25, 0.3) is 0 Å². The van der Waals surface area contributed by atoms with Crippen molar-refractivity contribution in [1.82, 2.24) is 19.7 Å². The third-order valence-electron chi connectivity index (χ3n) is 3.80. The van der Waals surface area contributed by atoms with Crippen LogP contribution in [0.2, 0.25) is 0 Å². The smallest absolute Gasteiger partial charge is 0.324 e. The third-order valence-corrected chi connectivity index (χ3v) is 5.19. The summed E-state index contributed by atoms with van der Waals surface area (Å²) < 4.78 is 39.5. The van der Waals surface area contributed by atoms with Gasteiger partial charge in [0.1, 0.15) is 12.5 Å². The van der Waals surface area contributed by atoms with E-state index in [1.54, 1.807) is 10.9 Å². The average Bonchev–Trinajstić information content (AvgIpc) is 2.97. The fraction of sp³-hybridized carbons (Fsp3) is 0.450. The number of aryl methyl sites for hydroxylation is 1. The second-order valence-corrected chi connectivity index (χ2v) is 11.6. The van der Waals surface area contributed by atoms with E-state index in [1.165, 1.54) is 6.07 Å². The molecule has 0 atom stereocenters. The van der Waals surface area contributed by atoms with Gasteiger partial charge in [-0.2, -0.15) is 10.1 Å². The SMILES string of the molecule is CC.Cc1nn(COCCS(C)(C)C)c2nc(Oc3ccc(F)cc3F)ncc12. The first-order chi connectivity index (χ1) is 13.7. The molecular formula is C20H28F2N4O2S. The maximum atomic E-state index is 13.8. The van der Waals surface area contributed by atoms with Gasteiger partial charge in [-0.1, -0.05) is 13.8 Å². The summed E-state index contributed by atoms with van der Waals surface area (Å²) in [5, 5.41) is 5.17. The molecule has 29 heavy (non-hydrogen) atoms. The Labute approximate surface area is 171 Å². The zero-order valence-electron chi connectivity index (χ0n) is 17.7. The molecule has 9 heteroatoms. The fourth-order valence-corrected chi connectivity index (χ4v) is 2.96. The third kappa shape index (κ3) is 6.37. The summed E-state index contributed by atoms with van der Waals surface area (Å²) in [6.45, 7) is 6.73. The monoisotopic (exact) mass is 426 g/mol. The number of fused-ring (bicyclic) bond motifs is 1. The molecule has 0 amide bonds. The summed E-state index contributed by atoms with van der Waals surface area (Å²) in [7, 11) is -0.627. The fourth-order valence-electron chi connectivity index (χ4n) is 2.35. The van der Waals surface area contributed by atoms with Gasteiger partial charge in [-0.15, -0.1) is 0 Å². The summed E-state index contributed by atoms with van der Waals surface area (Å²) >= 11 is 0. The summed E-state index contributed by atoms with van der Waals surface area (Å²) in [5.41, 5.74) is 1.29. The van der Waals surface area contributed by atoms with E-state index in [-0.39, 0.29) is 18.5 Å². The van der Waals surface area contributed by atoms with Crippen molar-refractivity contribution in [2.75, 3.05) is 31.1 Å². The van der Waals surface area contributed by atoms with Crippen LogP contribution in [0.25, 0.3) is 11.0 Å². The molecule has 160 valence electrons. The number of rotatable bonds is 7. The lowest BCUT2D eigenvalue weighted by atomic mass is 10.3. The molecule has 0 saturated heterocycles. The number of aromatic nitrogens is 4. The molecule has 0 N–H and O–H groups in total. The molecule has 0 radical (unpaired) electrons. The predicted molar refractivity (Wildman–Crippen MR) is 114 cm³/mol. The summed E-state index contributed by atoms with van der Waals surface area (Å²) in [4.78, 5) is 8.40. The van der Waals surface area contributed by atoms with Crippen molar-refractivity contribution in [2.24, 2.45) is 0 Å². The van der Waals surface area contributed by atoms with Crippen LogP contribution in [0.5, 0.6) is 11.8 Å². The lowest BCUT2D eigenvalue weighted by molar-refractivity contribution is 0.0834. The van der Waals surface area contributed by atoms with Gasteiger partial charge in [0.15, 0.2) is 17.2 Å². The maximum Gasteiger partial charge on any atom is 0.324 e. The van der Waals surface area contributed by atoms with E-state index in [0.29, 0.717) is 12.3 Å². The first-order valence-electron chi connectivity index (χ1n) is 9.30. The van der Waals surface area contributed by atoms with Crippen molar-refractivity contribution < 1.29 is 18.3 Å². The van der Waals surface area contributed by atoms with Gasteiger partial charge in [-0.3, -0.25) is 0 Å². The molecule has 0 unspecified atom stereocenters. The normalized spacial score (nSPS) is 11.9. The van der Waals surface area contributed by atoms with Gasteiger partial charge in [0.2, 0.25) is 0 Å². The van der Waals surface area contributed by atoms with Gasteiger partial charge in [-0.05, 0) is 37.8 Å². The van der Waals surface area contributed by atoms with E-state index in [2.05, 4.69) is 33.8 Å². The topological polar surface area (TPSA) is 62.1 Å². The number of ether oxygens (including phenoxy) is 2. The zero-order valence-corrected chi connectivity index (χ0v) is 18.5. The van der Waals surface area contributed by atoms with Crippen LogP contribution >= 0.6 is 10.0 Å². The van der Waals surface area contributed by atoms with Crippen LogP contribution in [0.3, 0.4) is 0 Å². The van der Waals surface area contributed by atoms with Gasteiger partial charge in [0.05, 0.1) is 17.7 Å². The molecule has 0 saturated carbocycles. The second-order valence-electron chi connectivity index (χ2n) is 6.98. The van der Waals surface area contributed by atoms with Crippen LogP contribution in [0.1, 0.15) is 19.5 Å². The minimum atomic E-state index is -0.823. The molecule has 2 heterocycles. The summed E-state index contributed by atoms with van der Waals surface area (Å²) in [6.07, 6.45) is 8.26. The minimum Gasteiger partial charge on any atom is -0.421 e. The van der Waals surface area contributed by atoms with Gasteiger partial charge < -0.3 is 9.47 Å². The molecule has 0 spiro atoms. The van der Waals surface area contributed by atoms with Gasteiger partial charge >= 0.3 is 6.01 Å². The second kappa shape index (κ2) is 9.98. The van der Waals surface area contributed by atoms with E-state index < -0.39 is 21.7 Å². The first kappa shape index (κ1) is 23.0. The maximum absolute atomic E-state index is 13.8. The van der Waals surface area contributed by atoms with E-state index in [0.717, 1.165) is 29.0 Å². The minimum absolute atomic E-state index is 0.0479. The molecule has 6 nitrogen and oxygen atoms in total. The Morgan fingerprint density at radius 2 is 1.86 bits per heavy atom. The first-order valence-corrected chi connectivity index (χ1v) is 12.3. The Bertz CT molecular complexity index is 958. The van der Waals surface area contributed by atoms with E-state index in [1.807, 2.05) is 20.8 Å². The molecule has 0 bridgehead atoms. The van der Waals surface area contributed by atoms with Crippen molar-refractivity contribution in [2.45, 2.75) is 27.5 Å². The Balaban J connectivity index is 0.00000145. The molecule has 3 aromatic rings. The highest BCUT2D eigenvalue weighted by atomic mass is 32.3. The van der Waals surface area contributed by atoms with Crippen molar-refractivity contribution in [3.8, 4) is 11.8 Å². The van der Waals surface area contributed by atoms with Crippen LogP contribution in [0.4, 0.5) is 8.78 Å². The Kier molecular flexibility index (Phi) is 7.92. The quantitative estimate of drug-likeness (QED) is 0.503. The predicted octanol–water partition coefficient (Wildman–Crippen LogP) is 4.90. The van der Waals surface area contributed by atoms with Crippen molar-refractivity contribution in [3.63, 3.8) is 0 Å². The molecule has 0 fully saturated rings. The number of hydrogen-bond donors (Lipinski definition) is 0. The number of halogens is 2. The number of nitrogens with zero attached hydrogens (tertiary/aromatic N) is 4. The number of benzene rings is 1. The molecule has 0 aliphatic rings. The van der Waals surface area contributed by atoms with E-state index in [9.17, 15) is 8.78 Å². The van der Waals surface area contributed by atoms with Crippen LogP contribution in [-0.2, 0) is 11.5 Å². The Hall–Kier alpha value is -2.26. The lowest BCUT2D eigenvalue weighted by Crippen LogP contribution is -2.11. The van der Waals surface area contributed by atoms with Crippen LogP contribution < -0.4 is 4.74 Å². The summed E-state index contributed by atoms with van der Waals surface area (Å²) in [6, 6.07) is 3.00.